The molecule has 0 aromatic heterocycles. The van der Waals surface area contributed by atoms with Crippen LogP contribution in [-0.2, 0) is 0 Å². The van der Waals surface area contributed by atoms with Crippen LogP contribution < -0.4 is 0 Å². The first kappa shape index (κ1) is 16.4. The summed E-state index contributed by atoms with van der Waals surface area (Å²) < 4.78 is 131. The van der Waals surface area contributed by atoms with Crippen LogP contribution in [0.3, 0.4) is 0 Å². The van der Waals surface area contributed by atoms with E-state index in [0.717, 1.165) is 0 Å². The summed E-state index contributed by atoms with van der Waals surface area (Å²) >= 11 is 0. The molecule has 0 N–H and O–H groups in total. The van der Waals surface area contributed by atoms with Gasteiger partial charge in [0.15, 0.2) is 0 Å². The van der Waals surface area contributed by atoms with Gasteiger partial charge >= 0.3 is 23.7 Å². The van der Waals surface area contributed by atoms with E-state index in [0.29, 0.717) is 6.92 Å². The molecule has 1 fully saturated rings. The van der Waals surface area contributed by atoms with Gasteiger partial charge in [0.25, 0.3) is 0 Å². The zero-order valence-corrected chi connectivity index (χ0v) is 9.49. The monoisotopic (exact) mass is 306 g/mol. The average Bonchev–Trinajstić information content (AvgIpc) is 2.24. The maximum Gasteiger partial charge on any atom is 0.381 e. The largest absolute Gasteiger partial charge is 0.381 e. The molecule has 1 aliphatic carbocycles. The second kappa shape index (κ2) is 3.49. The molecule has 0 bridgehead atoms. The van der Waals surface area contributed by atoms with Gasteiger partial charge in [-0.25, -0.2) is 8.78 Å². The average molecular weight is 306 g/mol. The molecule has 0 aromatic rings. The van der Waals surface area contributed by atoms with E-state index < -0.39 is 48.4 Å². The Labute approximate surface area is 100 Å². The maximum atomic E-state index is 13.8. The van der Waals surface area contributed by atoms with Crippen LogP contribution in [0, 0.1) is 0 Å². The van der Waals surface area contributed by atoms with E-state index in [1.807, 2.05) is 0 Å². The Balaban J connectivity index is 3.76. The molecule has 2 unspecified atom stereocenters. The van der Waals surface area contributed by atoms with E-state index in [-0.39, 0.29) is 0 Å². The molecule has 1 saturated carbocycles. The lowest BCUT2D eigenvalue weighted by Crippen LogP contribution is -2.83. The van der Waals surface area contributed by atoms with Crippen molar-refractivity contribution in [1.29, 1.82) is 0 Å². The summed E-state index contributed by atoms with van der Waals surface area (Å²) in [5, 5.41) is 0. The molecule has 2 atom stereocenters. The molecule has 0 heterocycles. The summed E-state index contributed by atoms with van der Waals surface area (Å²) in [6.07, 6.45) is -1.84. The van der Waals surface area contributed by atoms with E-state index in [1.165, 1.54) is 0 Å². The highest BCUT2D eigenvalue weighted by Gasteiger charge is 2.98. The number of rotatable bonds is 1. The fourth-order valence-electron chi connectivity index (χ4n) is 2.04. The second-order valence-electron chi connectivity index (χ2n) is 4.46. The van der Waals surface area contributed by atoms with Crippen LogP contribution in [0.5, 0.6) is 0 Å². The highest BCUT2D eigenvalue weighted by molar-refractivity contribution is 5.27. The first-order chi connectivity index (χ1) is 8.06. The zero-order valence-electron chi connectivity index (χ0n) is 9.49. The van der Waals surface area contributed by atoms with E-state index in [4.69, 9.17) is 0 Å². The van der Waals surface area contributed by atoms with Gasteiger partial charge in [-0.05, 0) is 13.3 Å². The van der Waals surface area contributed by atoms with Crippen LogP contribution in [0.4, 0.5) is 43.9 Å². The lowest BCUT2D eigenvalue weighted by Gasteiger charge is -2.54. The second-order valence-corrected chi connectivity index (χ2v) is 4.46. The summed E-state index contributed by atoms with van der Waals surface area (Å²) in [7, 11) is 0. The quantitative estimate of drug-likeness (QED) is 0.630. The summed E-state index contributed by atoms with van der Waals surface area (Å²) in [5.41, 5.74) is -10.3. The number of halogens is 10. The molecule has 0 aromatic carbocycles. The van der Waals surface area contributed by atoms with Gasteiger partial charge in [0, 0.05) is 0 Å². The third-order valence-corrected chi connectivity index (χ3v) is 3.50. The minimum atomic E-state index is -6.74. The molecule has 0 radical (unpaired) electrons. The van der Waals surface area contributed by atoms with Gasteiger partial charge < -0.3 is 0 Å². The standard InChI is InChI=1S/C9H8F10/c1-3-5(11)4(2,10)6(12,13)8(16,17)9(18,19)7(5,14)15/h3H2,1-2H3. The summed E-state index contributed by atoms with van der Waals surface area (Å²) in [6, 6.07) is 0. The van der Waals surface area contributed by atoms with Gasteiger partial charge in [-0.3, -0.25) is 0 Å². The molecule has 10 heteroatoms. The molecule has 0 spiro atoms. The fourth-order valence-corrected chi connectivity index (χ4v) is 2.04. The Bertz CT molecular complexity index is 352. The van der Waals surface area contributed by atoms with Crippen molar-refractivity contribution in [3.05, 3.63) is 0 Å². The Morgan fingerprint density at radius 3 is 1.21 bits per heavy atom. The van der Waals surface area contributed by atoms with Crippen molar-refractivity contribution in [2.75, 3.05) is 0 Å². The minimum absolute atomic E-state index is 0.376. The maximum absolute atomic E-state index is 13.8. The Kier molecular flexibility index (Phi) is 3.00. The number of alkyl halides is 10. The van der Waals surface area contributed by atoms with Gasteiger partial charge in [0.2, 0.25) is 11.3 Å². The summed E-state index contributed by atoms with van der Waals surface area (Å²) in [6.45, 7) is -0.199. The SMILES string of the molecule is CCC1(F)C(C)(F)C(F)(F)C(F)(F)C(F)(F)C1(F)F. The van der Waals surface area contributed by atoms with Crippen molar-refractivity contribution < 1.29 is 43.9 Å². The summed E-state index contributed by atoms with van der Waals surface area (Å²) in [4.78, 5) is 0. The molecule has 114 valence electrons. The van der Waals surface area contributed by atoms with Crippen molar-refractivity contribution in [2.45, 2.75) is 55.3 Å². The molecule has 19 heavy (non-hydrogen) atoms. The highest BCUT2D eigenvalue weighted by Crippen LogP contribution is 2.69. The van der Waals surface area contributed by atoms with Crippen LogP contribution in [0.25, 0.3) is 0 Å². The van der Waals surface area contributed by atoms with Crippen LogP contribution in [-0.4, -0.2) is 35.0 Å². The van der Waals surface area contributed by atoms with E-state index >= 15 is 0 Å². The third-order valence-electron chi connectivity index (χ3n) is 3.50. The molecular formula is C9H8F10. The highest BCUT2D eigenvalue weighted by atomic mass is 19.4. The Hall–Kier alpha value is -0.700. The van der Waals surface area contributed by atoms with Gasteiger partial charge in [-0.1, -0.05) is 6.92 Å². The Morgan fingerprint density at radius 1 is 0.579 bits per heavy atom. The van der Waals surface area contributed by atoms with E-state index in [9.17, 15) is 43.9 Å². The van der Waals surface area contributed by atoms with E-state index in [2.05, 4.69) is 0 Å². The molecule has 1 aliphatic rings. The predicted molar refractivity (Wildman–Crippen MR) is 43.4 cm³/mol. The predicted octanol–water partition coefficient (Wildman–Crippen LogP) is 4.39. The summed E-state index contributed by atoms with van der Waals surface area (Å²) in [5.74, 6) is -26.1. The molecule has 0 saturated heterocycles. The smallest absolute Gasteiger partial charge is 0.233 e. The normalized spacial score (nSPS) is 42.9. The van der Waals surface area contributed by atoms with Crippen LogP contribution in [0.1, 0.15) is 20.3 Å². The molecular weight excluding hydrogens is 298 g/mol. The van der Waals surface area contributed by atoms with Gasteiger partial charge in [-0.15, -0.1) is 0 Å². The van der Waals surface area contributed by atoms with E-state index in [1.54, 1.807) is 0 Å². The van der Waals surface area contributed by atoms with Crippen molar-refractivity contribution >= 4 is 0 Å². The first-order valence-electron chi connectivity index (χ1n) is 4.95. The third kappa shape index (κ3) is 1.28. The Morgan fingerprint density at radius 2 is 0.895 bits per heavy atom. The number of hydrogen-bond acceptors (Lipinski definition) is 0. The first-order valence-corrected chi connectivity index (χ1v) is 4.95. The molecule has 0 nitrogen and oxygen atoms in total. The van der Waals surface area contributed by atoms with Gasteiger partial charge in [0.1, 0.15) is 0 Å². The van der Waals surface area contributed by atoms with Crippen molar-refractivity contribution in [3.63, 3.8) is 0 Å². The van der Waals surface area contributed by atoms with Crippen molar-refractivity contribution in [2.24, 2.45) is 0 Å². The van der Waals surface area contributed by atoms with Crippen molar-refractivity contribution in [3.8, 4) is 0 Å². The van der Waals surface area contributed by atoms with Crippen LogP contribution in [0.15, 0.2) is 0 Å². The van der Waals surface area contributed by atoms with Gasteiger partial charge in [0.05, 0.1) is 0 Å². The topological polar surface area (TPSA) is 0 Å². The van der Waals surface area contributed by atoms with Crippen molar-refractivity contribution in [1.82, 2.24) is 0 Å². The molecule has 0 aliphatic heterocycles. The zero-order chi connectivity index (χ0) is 15.7. The number of hydrogen-bond donors (Lipinski definition) is 0. The lowest BCUT2D eigenvalue weighted by atomic mass is 9.65. The minimum Gasteiger partial charge on any atom is -0.233 e. The fraction of sp³-hybridized carbons (Fsp3) is 1.00. The van der Waals surface area contributed by atoms with Crippen LogP contribution in [0.2, 0.25) is 0 Å². The molecule has 0 amide bonds. The van der Waals surface area contributed by atoms with Crippen LogP contribution >= 0.6 is 0 Å². The molecule has 1 rings (SSSR count). The van der Waals surface area contributed by atoms with Gasteiger partial charge in [-0.2, -0.15) is 35.1 Å². The lowest BCUT2D eigenvalue weighted by molar-refractivity contribution is -0.461.